The first-order valence-corrected chi connectivity index (χ1v) is 12.0. The third-order valence-electron chi connectivity index (χ3n) is 5.90. The van der Waals surface area contributed by atoms with Gasteiger partial charge in [0, 0.05) is 5.69 Å². The van der Waals surface area contributed by atoms with E-state index in [0.717, 1.165) is 11.3 Å². The number of nitrogens with zero attached hydrogens (tertiary/aromatic N) is 2. The highest BCUT2D eigenvalue weighted by molar-refractivity contribution is 7.07. The largest absolute Gasteiger partial charge is 0.497 e. The molecule has 0 radical (unpaired) electrons. The van der Waals surface area contributed by atoms with Gasteiger partial charge in [-0.25, -0.2) is 9.38 Å². The summed E-state index contributed by atoms with van der Waals surface area (Å²) < 4.78 is 21.0. The van der Waals surface area contributed by atoms with Crippen LogP contribution in [0.3, 0.4) is 0 Å². The van der Waals surface area contributed by atoms with Crippen molar-refractivity contribution in [2.45, 2.75) is 13.0 Å². The molecule has 1 aromatic heterocycles. The predicted octanol–water partition coefficient (Wildman–Crippen LogP) is 4.02. The van der Waals surface area contributed by atoms with Crippen molar-refractivity contribution in [3.8, 4) is 5.75 Å². The molecule has 0 saturated carbocycles. The van der Waals surface area contributed by atoms with Gasteiger partial charge in [0.2, 0.25) is 0 Å². The van der Waals surface area contributed by atoms with Crippen LogP contribution in [0.1, 0.15) is 24.1 Å². The number of methoxy groups -OCH3 is 1. The van der Waals surface area contributed by atoms with Crippen molar-refractivity contribution in [1.29, 1.82) is 0 Å². The van der Waals surface area contributed by atoms with Crippen molar-refractivity contribution in [3.05, 3.63) is 127 Å². The van der Waals surface area contributed by atoms with Gasteiger partial charge in [-0.05, 0) is 60.5 Å². The number of para-hydroxylation sites is 1. The smallest absolute Gasteiger partial charge is 0.271 e. The van der Waals surface area contributed by atoms with E-state index in [9.17, 15) is 14.0 Å². The molecule has 0 fully saturated rings. The summed E-state index contributed by atoms with van der Waals surface area (Å²) in [4.78, 5) is 32.2. The van der Waals surface area contributed by atoms with E-state index in [1.54, 1.807) is 44.4 Å². The van der Waals surface area contributed by atoms with Crippen LogP contribution < -0.4 is 24.9 Å². The molecule has 180 valence electrons. The van der Waals surface area contributed by atoms with Gasteiger partial charge in [0.15, 0.2) is 4.80 Å². The fourth-order valence-electron chi connectivity index (χ4n) is 4.14. The molecular formula is C28H22FN3O3S. The Labute approximate surface area is 210 Å². The van der Waals surface area contributed by atoms with Crippen LogP contribution in [0.4, 0.5) is 10.1 Å². The SMILES string of the molecule is COc1ccc(/C=c2\sc3n(c2=O)C(c2ccc(F)cc2)C(C(=O)Nc2ccccc2)=C(C)N=3)cc1. The Morgan fingerprint density at radius 3 is 2.42 bits per heavy atom. The van der Waals surface area contributed by atoms with E-state index >= 15 is 0 Å². The number of fused-ring (bicyclic) bond motifs is 1. The number of halogens is 1. The summed E-state index contributed by atoms with van der Waals surface area (Å²) in [7, 11) is 1.59. The van der Waals surface area contributed by atoms with Gasteiger partial charge >= 0.3 is 0 Å². The molecule has 5 rings (SSSR count). The van der Waals surface area contributed by atoms with E-state index in [1.807, 2.05) is 42.5 Å². The molecule has 4 aromatic rings. The molecule has 0 spiro atoms. The van der Waals surface area contributed by atoms with Gasteiger partial charge in [-0.1, -0.05) is 53.8 Å². The standard InChI is InChI=1S/C28H22FN3O3S/c1-17-24(26(33)31-21-6-4-3-5-7-21)25(19-10-12-20(29)13-11-19)32-27(34)23(36-28(32)30-17)16-18-8-14-22(35-2)15-9-18/h3-16,25H,1-2H3,(H,31,33)/b23-16-. The normalized spacial score (nSPS) is 15.3. The lowest BCUT2D eigenvalue weighted by Gasteiger charge is -2.25. The fraction of sp³-hybridized carbons (Fsp3) is 0.107. The van der Waals surface area contributed by atoms with Gasteiger partial charge < -0.3 is 10.1 Å². The van der Waals surface area contributed by atoms with E-state index in [0.29, 0.717) is 31.9 Å². The second kappa shape index (κ2) is 9.75. The number of nitrogens with one attached hydrogen (secondary N) is 1. The van der Waals surface area contributed by atoms with Crippen LogP contribution in [-0.4, -0.2) is 17.6 Å². The van der Waals surface area contributed by atoms with Gasteiger partial charge in [0.05, 0.1) is 29.0 Å². The number of amides is 1. The highest BCUT2D eigenvalue weighted by Gasteiger charge is 2.32. The van der Waals surface area contributed by atoms with E-state index < -0.39 is 11.9 Å². The zero-order chi connectivity index (χ0) is 25.2. The molecule has 1 atom stereocenters. The minimum Gasteiger partial charge on any atom is -0.497 e. The van der Waals surface area contributed by atoms with Crippen LogP contribution in [0, 0.1) is 5.82 Å². The molecular weight excluding hydrogens is 477 g/mol. The molecule has 1 aliphatic rings. The molecule has 1 unspecified atom stereocenters. The average molecular weight is 500 g/mol. The fourth-order valence-corrected chi connectivity index (χ4v) is 5.19. The Morgan fingerprint density at radius 2 is 1.75 bits per heavy atom. The highest BCUT2D eigenvalue weighted by Crippen LogP contribution is 2.31. The summed E-state index contributed by atoms with van der Waals surface area (Å²) in [5, 5.41) is 2.90. The minimum atomic E-state index is -0.761. The second-order valence-corrected chi connectivity index (χ2v) is 9.24. The minimum absolute atomic E-state index is 0.276. The van der Waals surface area contributed by atoms with Gasteiger partial charge in [-0.15, -0.1) is 0 Å². The molecule has 8 heteroatoms. The van der Waals surface area contributed by atoms with E-state index in [1.165, 1.54) is 28.0 Å². The molecule has 0 bridgehead atoms. The van der Waals surface area contributed by atoms with Crippen LogP contribution in [0.5, 0.6) is 5.75 Å². The first-order chi connectivity index (χ1) is 17.4. The zero-order valence-electron chi connectivity index (χ0n) is 19.6. The Morgan fingerprint density at radius 1 is 1.06 bits per heavy atom. The molecule has 1 aliphatic heterocycles. The molecule has 2 heterocycles. The monoisotopic (exact) mass is 499 g/mol. The lowest BCUT2D eigenvalue weighted by Crippen LogP contribution is -2.40. The number of rotatable bonds is 5. The summed E-state index contributed by atoms with van der Waals surface area (Å²) in [6.07, 6.45) is 1.79. The topological polar surface area (TPSA) is 72.7 Å². The summed E-state index contributed by atoms with van der Waals surface area (Å²) in [5.41, 5.74) is 2.61. The second-order valence-electron chi connectivity index (χ2n) is 8.23. The molecule has 1 N–H and O–H groups in total. The van der Waals surface area contributed by atoms with Crippen molar-refractivity contribution in [3.63, 3.8) is 0 Å². The number of anilines is 1. The van der Waals surface area contributed by atoms with Gasteiger partial charge in [0.25, 0.3) is 11.5 Å². The Balaban J connectivity index is 1.65. The first-order valence-electron chi connectivity index (χ1n) is 11.2. The molecule has 3 aromatic carbocycles. The van der Waals surface area contributed by atoms with Gasteiger partial charge in [-0.2, -0.15) is 0 Å². The van der Waals surface area contributed by atoms with Crippen LogP contribution in [0.25, 0.3) is 6.08 Å². The van der Waals surface area contributed by atoms with E-state index in [-0.39, 0.29) is 11.5 Å². The van der Waals surface area contributed by atoms with E-state index in [4.69, 9.17) is 4.74 Å². The van der Waals surface area contributed by atoms with Crippen LogP contribution in [0.2, 0.25) is 0 Å². The molecule has 0 aliphatic carbocycles. The molecule has 36 heavy (non-hydrogen) atoms. The number of ether oxygens (including phenoxy) is 1. The maximum absolute atomic E-state index is 13.8. The van der Waals surface area contributed by atoms with Gasteiger partial charge in [-0.3, -0.25) is 14.2 Å². The number of hydrogen-bond donors (Lipinski definition) is 1. The first kappa shape index (κ1) is 23.4. The van der Waals surface area contributed by atoms with Crippen molar-refractivity contribution in [1.82, 2.24) is 4.57 Å². The number of allylic oxidation sites excluding steroid dienone is 1. The van der Waals surface area contributed by atoms with Crippen LogP contribution >= 0.6 is 11.3 Å². The van der Waals surface area contributed by atoms with Crippen molar-refractivity contribution in [2.24, 2.45) is 4.99 Å². The van der Waals surface area contributed by atoms with Crippen molar-refractivity contribution >= 4 is 29.0 Å². The lowest BCUT2D eigenvalue weighted by molar-refractivity contribution is -0.113. The predicted molar refractivity (Wildman–Crippen MR) is 138 cm³/mol. The number of hydrogen-bond acceptors (Lipinski definition) is 5. The summed E-state index contributed by atoms with van der Waals surface area (Å²) >= 11 is 1.25. The average Bonchev–Trinajstić information content (AvgIpc) is 3.19. The van der Waals surface area contributed by atoms with E-state index in [2.05, 4.69) is 10.3 Å². The molecule has 6 nitrogen and oxygen atoms in total. The molecule has 0 saturated heterocycles. The Bertz CT molecular complexity index is 1640. The van der Waals surface area contributed by atoms with Gasteiger partial charge in [0.1, 0.15) is 11.6 Å². The summed E-state index contributed by atoms with van der Waals surface area (Å²) in [6.45, 7) is 1.75. The summed E-state index contributed by atoms with van der Waals surface area (Å²) in [6, 6.07) is 21.5. The highest BCUT2D eigenvalue weighted by atomic mass is 32.1. The third kappa shape index (κ3) is 4.50. The quantitative estimate of drug-likeness (QED) is 0.451. The Kier molecular flexibility index (Phi) is 6.35. The van der Waals surface area contributed by atoms with Crippen LogP contribution in [-0.2, 0) is 4.79 Å². The maximum atomic E-state index is 13.8. The molecule has 1 amide bonds. The third-order valence-corrected chi connectivity index (χ3v) is 6.88. The number of carbonyl (C=O) groups excluding carboxylic acids is 1. The number of thiazole rings is 1. The lowest BCUT2D eigenvalue weighted by atomic mass is 9.95. The maximum Gasteiger partial charge on any atom is 0.271 e. The number of benzene rings is 3. The van der Waals surface area contributed by atoms with Crippen molar-refractivity contribution < 1.29 is 13.9 Å². The Hall–Kier alpha value is -4.30. The number of aromatic nitrogens is 1. The summed E-state index contributed by atoms with van der Waals surface area (Å²) in [5.74, 6) is -0.0579. The van der Waals surface area contributed by atoms with Crippen molar-refractivity contribution in [2.75, 3.05) is 12.4 Å². The van der Waals surface area contributed by atoms with Crippen LogP contribution in [0.15, 0.2) is 99.9 Å². The number of carbonyl (C=O) groups is 1. The zero-order valence-corrected chi connectivity index (χ0v) is 20.4.